The van der Waals surface area contributed by atoms with Gasteiger partial charge in [0.25, 0.3) is 0 Å². The van der Waals surface area contributed by atoms with Gasteiger partial charge in [0, 0.05) is 71.0 Å². The molecule has 0 radical (unpaired) electrons. The number of allylic oxidation sites excluding steroid dienone is 3. The van der Waals surface area contributed by atoms with Gasteiger partial charge in [0.2, 0.25) is 0 Å². The van der Waals surface area contributed by atoms with Crippen LogP contribution in [0.4, 0.5) is 5.69 Å². The van der Waals surface area contributed by atoms with E-state index in [2.05, 4.69) is 37.6 Å². The largest absolute Gasteiger partial charge is 0.515 e. The molecule has 2 aromatic rings. The Bertz CT molecular complexity index is 923. The fourth-order valence-corrected chi connectivity index (χ4v) is 3.92. The summed E-state index contributed by atoms with van der Waals surface area (Å²) in [4.78, 5) is 4.97. The summed E-state index contributed by atoms with van der Waals surface area (Å²) in [7, 11) is 0. The molecule has 0 fully saturated rings. The van der Waals surface area contributed by atoms with Gasteiger partial charge in [0.1, 0.15) is 0 Å². The van der Waals surface area contributed by atoms with Gasteiger partial charge in [-0.3, -0.25) is 4.99 Å². The van der Waals surface area contributed by atoms with Gasteiger partial charge in [-0.1, -0.05) is 42.3 Å². The Hall–Kier alpha value is -1.22. The Kier molecular flexibility index (Phi) is 6.17. The van der Waals surface area contributed by atoms with Gasteiger partial charge in [-0.15, -0.1) is 17.7 Å². The fraction of sp³-hybridized carbons (Fsp3) is 0.217. The second-order valence-corrected chi connectivity index (χ2v) is 6.91. The van der Waals surface area contributed by atoms with E-state index in [-0.39, 0.29) is 46.9 Å². The van der Waals surface area contributed by atoms with E-state index in [1.165, 1.54) is 28.0 Å². The predicted octanol–water partition coefficient (Wildman–Crippen LogP) is 6.13. The molecule has 0 aliphatic heterocycles. The molecule has 0 heterocycles. The molecule has 2 nitrogen and oxygen atoms in total. The molecule has 26 heavy (non-hydrogen) atoms. The minimum atomic E-state index is 0. The first-order chi connectivity index (χ1) is 12.2. The van der Waals surface area contributed by atoms with E-state index in [1.807, 2.05) is 31.2 Å². The number of hydrogen-bond acceptors (Lipinski definition) is 2. The van der Waals surface area contributed by atoms with Crippen molar-refractivity contribution in [3.63, 3.8) is 0 Å². The molecule has 0 amide bonds. The third-order valence-electron chi connectivity index (χ3n) is 5.23. The maximum Gasteiger partial charge on any atom is 0.0827 e. The van der Waals surface area contributed by atoms with Crippen LogP contribution in [0.5, 0.6) is 0 Å². The monoisotopic (exact) mass is 502 g/mol. The van der Waals surface area contributed by atoms with Crippen molar-refractivity contribution in [1.82, 2.24) is 0 Å². The number of nitrogens with zero attached hydrogens (tertiary/aromatic N) is 1. The maximum atomic E-state index is 9.36. The van der Waals surface area contributed by atoms with Crippen LogP contribution < -0.4 is 0 Å². The van der Waals surface area contributed by atoms with Crippen molar-refractivity contribution in [3.05, 3.63) is 83.5 Å². The smallest absolute Gasteiger partial charge is 0.0827 e. The van der Waals surface area contributed by atoms with E-state index in [0.29, 0.717) is 5.92 Å². The molecule has 140 valence electrons. The molecule has 0 saturated heterocycles. The number of aliphatic imine (C=N–C) groups is 1. The quantitative estimate of drug-likeness (QED) is 0.390. The van der Waals surface area contributed by atoms with Crippen LogP contribution >= 0.6 is 0 Å². The molecule has 1 atom stereocenters. The molecule has 4 rings (SSSR count). The zero-order chi connectivity index (χ0) is 17.4. The molecule has 0 bridgehead atoms. The van der Waals surface area contributed by atoms with Crippen LogP contribution in [0.3, 0.4) is 0 Å². The Morgan fingerprint density at radius 3 is 2.65 bits per heavy atom. The van der Waals surface area contributed by atoms with Crippen LogP contribution in [0, 0.1) is 59.3 Å². The number of fused-ring (bicyclic) bond motifs is 2. The maximum absolute atomic E-state index is 9.36. The van der Waals surface area contributed by atoms with Gasteiger partial charge >= 0.3 is 0 Å². The number of para-hydroxylation sites is 1. The Morgan fingerprint density at radius 1 is 1.12 bits per heavy atom. The van der Waals surface area contributed by atoms with Crippen molar-refractivity contribution in [1.29, 1.82) is 0 Å². The Labute approximate surface area is 194 Å². The molecule has 1 unspecified atom stereocenters. The SMILES string of the molecule is C/C(=C/O)c1ccccc1N=C1CC2=C(C1)C(C)[CH-]c1ccccc12.[Yb]. The summed E-state index contributed by atoms with van der Waals surface area (Å²) in [5, 5.41) is 9.36. The molecule has 1 N–H and O–H groups in total. The summed E-state index contributed by atoms with van der Waals surface area (Å²) in [6.07, 6.45) is 5.38. The Morgan fingerprint density at radius 2 is 1.85 bits per heavy atom. The minimum Gasteiger partial charge on any atom is -0.515 e. The zero-order valence-electron chi connectivity index (χ0n) is 14.9. The van der Waals surface area contributed by atoms with E-state index < -0.39 is 0 Å². The van der Waals surface area contributed by atoms with E-state index in [0.717, 1.165) is 35.9 Å². The van der Waals surface area contributed by atoms with Gasteiger partial charge in [-0.2, -0.15) is 18.1 Å². The second-order valence-electron chi connectivity index (χ2n) is 6.91. The minimum absolute atomic E-state index is 0. The first kappa shape index (κ1) is 19.5. The number of hydrogen-bond donors (Lipinski definition) is 1. The third-order valence-corrected chi connectivity index (χ3v) is 5.23. The van der Waals surface area contributed by atoms with Crippen molar-refractivity contribution in [2.45, 2.75) is 26.7 Å². The number of aliphatic hydroxyl groups excluding tert-OH is 1. The van der Waals surface area contributed by atoms with Crippen molar-refractivity contribution < 1.29 is 52.0 Å². The number of aliphatic hydroxyl groups is 1. The summed E-state index contributed by atoms with van der Waals surface area (Å²) in [6.45, 7) is 4.19. The van der Waals surface area contributed by atoms with Crippen molar-refractivity contribution in [3.8, 4) is 0 Å². The molecule has 0 aromatic heterocycles. The van der Waals surface area contributed by atoms with E-state index >= 15 is 0 Å². The number of rotatable bonds is 2. The first-order valence-corrected chi connectivity index (χ1v) is 8.80. The topological polar surface area (TPSA) is 32.6 Å². The summed E-state index contributed by atoms with van der Waals surface area (Å²) in [5.41, 5.74) is 9.63. The van der Waals surface area contributed by atoms with E-state index in [4.69, 9.17) is 4.99 Å². The molecule has 0 spiro atoms. The van der Waals surface area contributed by atoms with Crippen LogP contribution in [-0.2, 0) is 0 Å². The summed E-state index contributed by atoms with van der Waals surface area (Å²) in [5.74, 6) is 0.465. The van der Waals surface area contributed by atoms with Gasteiger partial charge in [-0.25, -0.2) is 0 Å². The van der Waals surface area contributed by atoms with E-state index in [1.54, 1.807) is 0 Å². The molecule has 3 heteroatoms. The average Bonchev–Trinajstić information content (AvgIpc) is 3.06. The fourth-order valence-electron chi connectivity index (χ4n) is 3.92. The van der Waals surface area contributed by atoms with Crippen molar-refractivity contribution in [2.75, 3.05) is 0 Å². The summed E-state index contributed by atoms with van der Waals surface area (Å²) >= 11 is 0. The third kappa shape index (κ3) is 3.60. The molecule has 0 saturated carbocycles. The molecular weight excluding hydrogens is 479 g/mol. The van der Waals surface area contributed by atoms with Crippen LogP contribution in [0.25, 0.3) is 11.1 Å². The zero-order valence-corrected chi connectivity index (χ0v) is 16.6. The van der Waals surface area contributed by atoms with Crippen LogP contribution in [0.1, 0.15) is 43.4 Å². The van der Waals surface area contributed by atoms with Crippen molar-refractivity contribution >= 4 is 22.5 Å². The normalized spacial score (nSPS) is 20.3. The van der Waals surface area contributed by atoms with E-state index in [9.17, 15) is 5.11 Å². The van der Waals surface area contributed by atoms with Crippen LogP contribution in [0.15, 0.2) is 65.4 Å². The molecule has 2 aliphatic rings. The number of benzene rings is 2. The van der Waals surface area contributed by atoms with Crippen LogP contribution in [-0.4, -0.2) is 10.8 Å². The summed E-state index contributed by atoms with van der Waals surface area (Å²) < 4.78 is 0. The van der Waals surface area contributed by atoms with Gasteiger partial charge in [0.05, 0.1) is 11.9 Å². The van der Waals surface area contributed by atoms with Gasteiger partial charge in [0.15, 0.2) is 0 Å². The molecule has 2 aliphatic carbocycles. The predicted molar refractivity (Wildman–Crippen MR) is 105 cm³/mol. The average molecular weight is 501 g/mol. The van der Waals surface area contributed by atoms with Gasteiger partial charge < -0.3 is 5.11 Å². The van der Waals surface area contributed by atoms with Gasteiger partial charge in [-0.05, 0) is 24.5 Å². The molecule has 2 aromatic carbocycles. The second kappa shape index (κ2) is 8.21. The summed E-state index contributed by atoms with van der Waals surface area (Å²) in [6, 6.07) is 16.7. The van der Waals surface area contributed by atoms with Crippen molar-refractivity contribution in [2.24, 2.45) is 10.9 Å². The Balaban J connectivity index is 0.00000196. The van der Waals surface area contributed by atoms with Crippen LogP contribution in [0.2, 0.25) is 0 Å². The molecular formula is C23H22NOYb-. The standard InChI is InChI=1S/C23H22NO.Yb/c1-15-11-17-7-3-4-9-20(17)22-13-18(12-21(15)22)24-23-10-6-5-8-19(23)16(2)14-25;/h3-11,14-15,25H,12-13H2,1-2H3;/q-1;/b16-14-,24-18?;. The first-order valence-electron chi connectivity index (χ1n) is 8.80.